The standard InChI is InChI=1S/3C9H10O2.Al/c3*1-2-7-5-3-4-6-8(7)9(10)11;/h3*3-6H,2H2,1H3,(H,10,11);/q;;;+3/p-3. The van der Waals surface area contributed by atoms with Gasteiger partial charge >= 0.3 is 17.4 Å². The van der Waals surface area contributed by atoms with Crippen LogP contribution in [0.2, 0.25) is 0 Å². The van der Waals surface area contributed by atoms with Gasteiger partial charge in [-0.15, -0.1) is 0 Å². The number of hydrogen-bond donors (Lipinski definition) is 0. The van der Waals surface area contributed by atoms with E-state index in [1.54, 1.807) is 54.6 Å². The third-order valence-electron chi connectivity index (χ3n) is 4.85. The summed E-state index contributed by atoms with van der Waals surface area (Å²) in [6, 6.07) is 20.7. The fourth-order valence-electron chi connectivity index (χ4n) is 3.08. The van der Waals surface area contributed by atoms with Gasteiger partial charge in [0.15, 0.2) is 0 Å². The molecule has 0 aromatic heterocycles. The van der Waals surface area contributed by atoms with Gasteiger partial charge in [-0.3, -0.25) is 0 Å². The zero-order valence-electron chi connectivity index (χ0n) is 19.6. The van der Waals surface area contributed by atoms with Crippen LogP contribution in [0.3, 0.4) is 0 Å². The van der Waals surface area contributed by atoms with Crippen LogP contribution in [-0.2, 0) is 19.3 Å². The molecular weight excluding hydrogens is 447 g/mol. The predicted octanol–water partition coefficient (Wildman–Crippen LogP) is 1.46. The molecule has 7 heteroatoms. The Bertz CT molecular complexity index is 941. The van der Waals surface area contributed by atoms with E-state index in [4.69, 9.17) is 0 Å². The number of rotatable bonds is 6. The van der Waals surface area contributed by atoms with Gasteiger partial charge in [0.25, 0.3) is 0 Å². The molecule has 174 valence electrons. The average molecular weight is 474 g/mol. The summed E-state index contributed by atoms with van der Waals surface area (Å²) in [5.41, 5.74) is 3.38. The van der Waals surface area contributed by atoms with Crippen LogP contribution in [0.5, 0.6) is 0 Å². The Labute approximate surface area is 211 Å². The van der Waals surface area contributed by atoms with E-state index in [0.717, 1.165) is 36.0 Å². The Balaban J connectivity index is 0.000000473. The molecule has 0 bridgehead atoms. The van der Waals surface area contributed by atoms with Gasteiger partial charge in [-0.2, -0.15) is 0 Å². The van der Waals surface area contributed by atoms with E-state index < -0.39 is 17.9 Å². The van der Waals surface area contributed by atoms with Gasteiger partial charge in [0.05, 0.1) is 17.9 Å². The zero-order valence-corrected chi connectivity index (χ0v) is 20.7. The summed E-state index contributed by atoms with van der Waals surface area (Å²) in [5, 5.41) is 31.4. The molecule has 6 nitrogen and oxygen atoms in total. The second-order valence-corrected chi connectivity index (χ2v) is 6.89. The van der Waals surface area contributed by atoms with Gasteiger partial charge in [0.2, 0.25) is 0 Å². The molecule has 0 aliphatic rings. The summed E-state index contributed by atoms with van der Waals surface area (Å²) in [4.78, 5) is 31.4. The van der Waals surface area contributed by atoms with Crippen LogP contribution in [0.1, 0.15) is 68.5 Å². The van der Waals surface area contributed by atoms with E-state index >= 15 is 0 Å². The van der Waals surface area contributed by atoms with E-state index in [2.05, 4.69) is 0 Å². The number of carbonyl (C=O) groups excluding carboxylic acids is 3. The number of carbonyl (C=O) groups is 3. The van der Waals surface area contributed by atoms with Crippen LogP contribution in [-0.4, -0.2) is 35.3 Å². The van der Waals surface area contributed by atoms with Gasteiger partial charge in [0, 0.05) is 16.7 Å². The van der Waals surface area contributed by atoms with E-state index in [9.17, 15) is 29.7 Å². The summed E-state index contributed by atoms with van der Waals surface area (Å²) in [7, 11) is 0. The second kappa shape index (κ2) is 16.3. The maximum atomic E-state index is 10.5. The van der Waals surface area contributed by atoms with E-state index in [0.29, 0.717) is 16.7 Å². The van der Waals surface area contributed by atoms with Crippen molar-refractivity contribution in [2.75, 3.05) is 0 Å². The van der Waals surface area contributed by atoms with Gasteiger partial charge in [0.1, 0.15) is 0 Å². The number of hydrogen-bond acceptors (Lipinski definition) is 6. The predicted molar refractivity (Wildman–Crippen MR) is 126 cm³/mol. The van der Waals surface area contributed by atoms with Gasteiger partial charge < -0.3 is 29.7 Å². The topological polar surface area (TPSA) is 120 Å². The number of benzene rings is 3. The zero-order chi connectivity index (χ0) is 24.8. The molecule has 0 atom stereocenters. The van der Waals surface area contributed by atoms with Gasteiger partial charge in [-0.25, -0.2) is 0 Å². The summed E-state index contributed by atoms with van der Waals surface area (Å²) in [6.07, 6.45) is 2.18. The Morgan fingerprint density at radius 3 is 0.853 bits per heavy atom. The molecule has 0 fully saturated rings. The van der Waals surface area contributed by atoms with Crippen LogP contribution >= 0.6 is 0 Å². The number of carboxylic acid groups (broad SMARTS) is 3. The summed E-state index contributed by atoms with van der Waals surface area (Å²) < 4.78 is 0. The maximum absolute atomic E-state index is 10.5. The quantitative estimate of drug-likeness (QED) is 0.499. The van der Waals surface area contributed by atoms with Crippen molar-refractivity contribution in [3.8, 4) is 0 Å². The molecule has 0 radical (unpaired) electrons. The van der Waals surface area contributed by atoms with Crippen molar-refractivity contribution < 1.29 is 29.7 Å². The first-order valence-electron chi connectivity index (χ1n) is 10.6. The number of carboxylic acids is 3. The fraction of sp³-hybridized carbons (Fsp3) is 0.222. The summed E-state index contributed by atoms with van der Waals surface area (Å²) in [5.74, 6) is -3.28. The molecule has 0 unspecified atom stereocenters. The minimum atomic E-state index is -1.09. The molecule has 0 N–H and O–H groups in total. The first-order valence-corrected chi connectivity index (χ1v) is 10.6. The van der Waals surface area contributed by atoms with E-state index in [1.807, 2.05) is 39.0 Å². The third-order valence-corrected chi connectivity index (χ3v) is 4.85. The van der Waals surface area contributed by atoms with Crippen LogP contribution in [0.15, 0.2) is 72.8 Å². The average Bonchev–Trinajstić information content (AvgIpc) is 2.84. The molecule has 3 aromatic carbocycles. The van der Waals surface area contributed by atoms with Crippen LogP contribution in [0.25, 0.3) is 0 Å². The monoisotopic (exact) mass is 474 g/mol. The summed E-state index contributed by atoms with van der Waals surface area (Å²) >= 11 is 0. The van der Waals surface area contributed by atoms with Crippen molar-refractivity contribution >= 4 is 35.3 Å². The van der Waals surface area contributed by atoms with Crippen LogP contribution in [0.4, 0.5) is 0 Å². The van der Waals surface area contributed by atoms with E-state index in [-0.39, 0.29) is 17.4 Å². The second-order valence-electron chi connectivity index (χ2n) is 6.89. The molecule has 0 aliphatic heterocycles. The normalized spacial score (nSPS) is 9.26. The maximum Gasteiger partial charge on any atom is 3.00 e. The first kappa shape index (κ1) is 30.6. The molecule has 0 saturated heterocycles. The SMILES string of the molecule is CCc1ccccc1C(=O)[O-].CCc1ccccc1C(=O)[O-].CCc1ccccc1C(=O)[O-].[Al+3]. The number of aromatic carboxylic acids is 3. The van der Waals surface area contributed by atoms with Gasteiger partial charge in [-0.05, 0) is 36.0 Å². The fourth-order valence-corrected chi connectivity index (χ4v) is 3.08. The van der Waals surface area contributed by atoms with Gasteiger partial charge in [-0.1, -0.05) is 93.6 Å². The minimum absolute atomic E-state index is 0. The first-order chi connectivity index (χ1) is 15.8. The van der Waals surface area contributed by atoms with Crippen molar-refractivity contribution in [2.45, 2.75) is 40.0 Å². The van der Waals surface area contributed by atoms with Crippen molar-refractivity contribution in [1.29, 1.82) is 0 Å². The van der Waals surface area contributed by atoms with Crippen LogP contribution in [0, 0.1) is 0 Å². The van der Waals surface area contributed by atoms with Crippen molar-refractivity contribution in [3.05, 3.63) is 106 Å². The molecule has 3 aromatic rings. The largest absolute Gasteiger partial charge is 3.00 e. The molecule has 0 spiro atoms. The Morgan fingerprint density at radius 1 is 0.500 bits per heavy atom. The third kappa shape index (κ3) is 9.62. The minimum Gasteiger partial charge on any atom is -0.545 e. The molecule has 0 amide bonds. The molecule has 0 saturated carbocycles. The van der Waals surface area contributed by atoms with E-state index in [1.165, 1.54) is 0 Å². The molecule has 0 heterocycles. The molecule has 0 aliphatic carbocycles. The van der Waals surface area contributed by atoms with Crippen molar-refractivity contribution in [3.63, 3.8) is 0 Å². The Hall–Kier alpha value is -3.40. The van der Waals surface area contributed by atoms with Crippen molar-refractivity contribution in [1.82, 2.24) is 0 Å². The smallest absolute Gasteiger partial charge is 0.545 e. The molecular formula is C27H27AlO6. The Morgan fingerprint density at radius 2 is 0.706 bits per heavy atom. The Kier molecular flexibility index (Phi) is 14.6. The number of aryl methyl sites for hydroxylation is 3. The molecule has 34 heavy (non-hydrogen) atoms. The van der Waals surface area contributed by atoms with Crippen LogP contribution < -0.4 is 15.3 Å². The molecule has 3 rings (SSSR count). The summed E-state index contributed by atoms with van der Waals surface area (Å²) in [6.45, 7) is 5.76. The van der Waals surface area contributed by atoms with Crippen molar-refractivity contribution in [2.24, 2.45) is 0 Å².